The Morgan fingerprint density at radius 2 is 1.77 bits per heavy atom. The van der Waals surface area contributed by atoms with E-state index < -0.39 is 6.29 Å². The minimum Gasteiger partial charge on any atom is -0.392 e. The number of nitrogens with zero attached hydrogens (tertiary/aromatic N) is 4. The van der Waals surface area contributed by atoms with Crippen molar-refractivity contribution in [2.45, 2.75) is 43.2 Å². The fourth-order valence-corrected chi connectivity index (χ4v) is 4.21. The Bertz CT molecular complexity index is 893. The maximum absolute atomic E-state index is 9.32. The second-order valence-electron chi connectivity index (χ2n) is 7.19. The fraction of sp³-hybridized carbons (Fsp3) is 0.381. The highest BCUT2D eigenvalue weighted by molar-refractivity contribution is 7.99. The second-order valence-corrected chi connectivity index (χ2v) is 8.18. The Morgan fingerprint density at radius 3 is 2.40 bits per heavy atom. The molecule has 3 atom stereocenters. The van der Waals surface area contributed by atoms with Gasteiger partial charge in [0.1, 0.15) is 0 Å². The quantitative estimate of drug-likeness (QED) is 0.554. The van der Waals surface area contributed by atoms with E-state index in [1.165, 1.54) is 0 Å². The molecule has 3 N–H and O–H groups in total. The fourth-order valence-electron chi connectivity index (χ4n) is 3.34. The zero-order valence-corrected chi connectivity index (χ0v) is 17.5. The van der Waals surface area contributed by atoms with Gasteiger partial charge in [-0.2, -0.15) is 0 Å². The Morgan fingerprint density at radius 1 is 1.07 bits per heavy atom. The van der Waals surface area contributed by atoms with Crippen molar-refractivity contribution in [3.8, 4) is 0 Å². The Labute approximate surface area is 179 Å². The number of ether oxygens (including phenoxy) is 2. The topological polar surface area (TPSA) is 108 Å². The van der Waals surface area contributed by atoms with Crippen LogP contribution in [0.25, 0.3) is 0 Å². The molecule has 1 fully saturated rings. The molecule has 3 aromatic rings. The number of rotatable bonds is 7. The molecule has 2 heterocycles. The van der Waals surface area contributed by atoms with E-state index in [2.05, 4.69) is 15.5 Å². The molecule has 0 amide bonds. The third-order valence-corrected chi connectivity index (χ3v) is 6.22. The van der Waals surface area contributed by atoms with Gasteiger partial charge < -0.3 is 20.3 Å². The molecular weight excluding hydrogens is 402 g/mol. The lowest BCUT2D eigenvalue weighted by atomic mass is 10.0. The van der Waals surface area contributed by atoms with E-state index >= 15 is 0 Å². The maximum atomic E-state index is 9.32. The van der Waals surface area contributed by atoms with Gasteiger partial charge in [-0.1, -0.05) is 60.3 Å². The minimum absolute atomic E-state index is 0.0238. The number of thioether (sulfide) groups is 1. The number of aryl methyl sites for hydroxylation is 1. The van der Waals surface area contributed by atoms with E-state index in [0.717, 1.165) is 27.4 Å². The monoisotopic (exact) mass is 427 g/mol. The number of aliphatic hydroxyl groups is 1. The standard InChI is InChI=1S/C21H25N5O3S/c1-26-21(23-24-25-26)30-13-18-10-19(16-6-4-15(12-27)5-7-16)29-20(28-18)17-8-2-14(11-22)3-9-17/h2-9,18-20,27H,10-13,22H2,1H3/t18-,19+,20+/m1/s1. The number of benzene rings is 2. The van der Waals surface area contributed by atoms with Gasteiger partial charge >= 0.3 is 0 Å². The predicted octanol–water partition coefficient (Wildman–Crippen LogP) is 2.50. The van der Waals surface area contributed by atoms with Crippen LogP contribution in [0.4, 0.5) is 0 Å². The molecule has 30 heavy (non-hydrogen) atoms. The summed E-state index contributed by atoms with van der Waals surface area (Å²) in [5, 5.41) is 21.7. The summed E-state index contributed by atoms with van der Waals surface area (Å²) in [6.45, 7) is 0.521. The molecule has 0 radical (unpaired) electrons. The first-order valence-corrected chi connectivity index (χ1v) is 10.8. The molecule has 9 heteroatoms. The van der Waals surface area contributed by atoms with E-state index in [1.54, 1.807) is 16.4 Å². The molecule has 0 unspecified atom stereocenters. The van der Waals surface area contributed by atoms with Gasteiger partial charge in [0.2, 0.25) is 5.16 Å². The molecule has 4 rings (SSSR count). The van der Waals surface area contributed by atoms with Gasteiger partial charge in [-0.05, 0) is 27.1 Å². The number of aromatic nitrogens is 4. The lowest BCUT2D eigenvalue weighted by molar-refractivity contribution is -0.245. The number of nitrogens with two attached hydrogens (primary N) is 1. The summed E-state index contributed by atoms with van der Waals surface area (Å²) in [5.74, 6) is 0.709. The van der Waals surface area contributed by atoms with Crippen LogP contribution >= 0.6 is 11.8 Å². The van der Waals surface area contributed by atoms with Crippen LogP contribution in [0, 0.1) is 0 Å². The SMILES string of the molecule is Cn1nnnc1SC[C@H]1C[C@@H](c2ccc(CO)cc2)O[C@@H](c2ccc(CN)cc2)O1. The van der Waals surface area contributed by atoms with E-state index in [-0.39, 0.29) is 18.8 Å². The zero-order chi connectivity index (χ0) is 20.9. The van der Waals surface area contributed by atoms with Crippen molar-refractivity contribution in [1.29, 1.82) is 0 Å². The van der Waals surface area contributed by atoms with Gasteiger partial charge in [0, 0.05) is 31.3 Å². The van der Waals surface area contributed by atoms with Crippen LogP contribution in [0.2, 0.25) is 0 Å². The molecule has 1 saturated heterocycles. The summed E-state index contributed by atoms with van der Waals surface area (Å²) < 4.78 is 14.3. The van der Waals surface area contributed by atoms with Crippen LogP contribution in [0.5, 0.6) is 0 Å². The van der Waals surface area contributed by atoms with Crippen molar-refractivity contribution in [2.24, 2.45) is 12.8 Å². The summed E-state index contributed by atoms with van der Waals surface area (Å²) in [6.07, 6.45) is 0.0843. The summed E-state index contributed by atoms with van der Waals surface area (Å²) in [5.41, 5.74) is 9.68. The van der Waals surface area contributed by atoms with Crippen molar-refractivity contribution >= 4 is 11.8 Å². The Kier molecular flexibility index (Phi) is 6.76. The van der Waals surface area contributed by atoms with Crippen LogP contribution < -0.4 is 5.73 Å². The summed E-state index contributed by atoms with van der Waals surface area (Å²) in [7, 11) is 1.82. The maximum Gasteiger partial charge on any atom is 0.209 e. The highest BCUT2D eigenvalue weighted by atomic mass is 32.2. The number of hydrogen-bond donors (Lipinski definition) is 2. The van der Waals surface area contributed by atoms with Gasteiger partial charge in [-0.15, -0.1) is 5.10 Å². The van der Waals surface area contributed by atoms with Crippen LogP contribution in [0.1, 0.15) is 41.1 Å². The Hall–Kier alpha value is -2.30. The van der Waals surface area contributed by atoms with Gasteiger partial charge in [0.05, 0.1) is 18.8 Å². The minimum atomic E-state index is -0.476. The average molecular weight is 428 g/mol. The van der Waals surface area contributed by atoms with Crippen LogP contribution in [0.3, 0.4) is 0 Å². The molecule has 1 aliphatic heterocycles. The lowest BCUT2D eigenvalue weighted by Gasteiger charge is -2.36. The molecular formula is C21H25N5O3S. The summed E-state index contributed by atoms with van der Waals surface area (Å²) in [4.78, 5) is 0. The van der Waals surface area contributed by atoms with Crippen molar-refractivity contribution in [1.82, 2.24) is 20.2 Å². The molecule has 0 saturated carbocycles. The van der Waals surface area contributed by atoms with Gasteiger partial charge in [-0.3, -0.25) is 0 Å². The van der Waals surface area contributed by atoms with Crippen LogP contribution in [-0.2, 0) is 29.7 Å². The number of hydrogen-bond acceptors (Lipinski definition) is 8. The predicted molar refractivity (Wildman–Crippen MR) is 112 cm³/mol. The molecule has 0 spiro atoms. The molecule has 158 valence electrons. The second kappa shape index (κ2) is 9.67. The van der Waals surface area contributed by atoms with Crippen LogP contribution in [0.15, 0.2) is 53.7 Å². The first kappa shape index (κ1) is 21.0. The van der Waals surface area contributed by atoms with E-state index in [1.807, 2.05) is 55.6 Å². The third kappa shape index (κ3) is 4.88. The van der Waals surface area contributed by atoms with E-state index in [4.69, 9.17) is 15.2 Å². The van der Waals surface area contributed by atoms with E-state index in [9.17, 15) is 5.11 Å². The molecule has 1 aliphatic rings. The van der Waals surface area contributed by atoms with Gasteiger partial charge in [0.25, 0.3) is 0 Å². The van der Waals surface area contributed by atoms with Crippen molar-refractivity contribution < 1.29 is 14.6 Å². The molecule has 0 aliphatic carbocycles. The van der Waals surface area contributed by atoms with Crippen molar-refractivity contribution in [2.75, 3.05) is 5.75 Å². The summed E-state index contributed by atoms with van der Waals surface area (Å²) in [6, 6.07) is 15.9. The summed E-state index contributed by atoms with van der Waals surface area (Å²) >= 11 is 1.56. The van der Waals surface area contributed by atoms with Crippen molar-refractivity contribution in [3.63, 3.8) is 0 Å². The zero-order valence-electron chi connectivity index (χ0n) is 16.7. The largest absolute Gasteiger partial charge is 0.392 e. The van der Waals surface area contributed by atoms with Crippen molar-refractivity contribution in [3.05, 3.63) is 70.8 Å². The number of tetrazole rings is 1. The number of aliphatic hydroxyl groups excluding tert-OH is 1. The average Bonchev–Trinajstić information content (AvgIpc) is 3.22. The lowest BCUT2D eigenvalue weighted by Crippen LogP contribution is -2.31. The van der Waals surface area contributed by atoms with Gasteiger partial charge in [-0.25, -0.2) is 4.68 Å². The van der Waals surface area contributed by atoms with Gasteiger partial charge in [0.15, 0.2) is 6.29 Å². The third-order valence-electron chi connectivity index (χ3n) is 5.08. The van der Waals surface area contributed by atoms with Crippen LogP contribution in [-0.4, -0.2) is 37.2 Å². The molecule has 8 nitrogen and oxygen atoms in total. The molecule has 1 aromatic heterocycles. The normalized spacial score (nSPS) is 21.6. The Balaban J connectivity index is 1.53. The highest BCUT2D eigenvalue weighted by Gasteiger charge is 2.32. The smallest absolute Gasteiger partial charge is 0.209 e. The van der Waals surface area contributed by atoms with E-state index in [0.29, 0.717) is 18.7 Å². The molecule has 2 aromatic carbocycles. The highest BCUT2D eigenvalue weighted by Crippen LogP contribution is 2.39. The molecule has 0 bridgehead atoms. The first-order valence-electron chi connectivity index (χ1n) is 9.81. The first-order chi connectivity index (χ1) is 14.7.